The van der Waals surface area contributed by atoms with E-state index in [0.717, 1.165) is 38.4 Å². The number of likely N-dealkylation sites (tertiary alicyclic amines) is 1. The summed E-state index contributed by atoms with van der Waals surface area (Å²) < 4.78 is 5.47. The van der Waals surface area contributed by atoms with E-state index in [2.05, 4.69) is 10.2 Å². The van der Waals surface area contributed by atoms with E-state index in [9.17, 15) is 4.79 Å². The molecule has 3 rings (SSSR count). The molecule has 2 heterocycles. The molecule has 2 fully saturated rings. The molecule has 1 amide bonds. The highest BCUT2D eigenvalue weighted by molar-refractivity contribution is 5.91. The Kier molecular flexibility index (Phi) is 5.83. The highest BCUT2D eigenvalue weighted by Gasteiger charge is 2.27. The minimum Gasteiger partial charge on any atom is -0.380 e. The molecular formula is C19H26N2O2. The van der Waals surface area contributed by atoms with Crippen molar-refractivity contribution in [1.82, 2.24) is 10.2 Å². The van der Waals surface area contributed by atoms with Gasteiger partial charge in [0, 0.05) is 25.3 Å². The summed E-state index contributed by atoms with van der Waals surface area (Å²) in [6.45, 7) is 4.86. The third kappa shape index (κ3) is 4.91. The molecule has 4 nitrogen and oxygen atoms in total. The Hall–Kier alpha value is -1.65. The first kappa shape index (κ1) is 16.2. The normalized spacial score (nSPS) is 23.4. The molecule has 0 bridgehead atoms. The van der Waals surface area contributed by atoms with Crippen molar-refractivity contribution in [1.29, 1.82) is 0 Å². The zero-order chi connectivity index (χ0) is 15.9. The molecule has 1 aromatic rings. The summed E-state index contributed by atoms with van der Waals surface area (Å²) >= 11 is 0. The second-order valence-electron chi connectivity index (χ2n) is 6.49. The molecule has 4 heteroatoms. The van der Waals surface area contributed by atoms with Crippen molar-refractivity contribution in [3.8, 4) is 0 Å². The number of piperidine rings is 1. The van der Waals surface area contributed by atoms with Crippen molar-refractivity contribution in [2.45, 2.75) is 25.3 Å². The van der Waals surface area contributed by atoms with Crippen molar-refractivity contribution < 1.29 is 9.53 Å². The Labute approximate surface area is 138 Å². The number of carbonyl (C=O) groups excluding carboxylic acids is 1. The van der Waals surface area contributed by atoms with E-state index in [-0.39, 0.29) is 5.91 Å². The predicted molar refractivity (Wildman–Crippen MR) is 92.0 cm³/mol. The van der Waals surface area contributed by atoms with E-state index < -0.39 is 0 Å². The Bertz CT molecular complexity index is 515. The highest BCUT2D eigenvalue weighted by Crippen LogP contribution is 2.21. The van der Waals surface area contributed by atoms with Gasteiger partial charge in [-0.3, -0.25) is 9.69 Å². The number of ether oxygens (including phenoxy) is 1. The summed E-state index contributed by atoms with van der Waals surface area (Å²) in [7, 11) is 0. The second kappa shape index (κ2) is 8.27. The van der Waals surface area contributed by atoms with Crippen molar-refractivity contribution >= 4 is 12.0 Å². The van der Waals surface area contributed by atoms with E-state index in [0.29, 0.717) is 12.0 Å². The third-order valence-corrected chi connectivity index (χ3v) is 4.86. The van der Waals surface area contributed by atoms with Crippen LogP contribution in [0.25, 0.3) is 6.08 Å². The van der Waals surface area contributed by atoms with E-state index >= 15 is 0 Å². The molecule has 1 aromatic carbocycles. The number of nitrogens with zero attached hydrogens (tertiary/aromatic N) is 1. The number of rotatable bonds is 5. The van der Waals surface area contributed by atoms with Crippen molar-refractivity contribution in [2.24, 2.45) is 5.92 Å². The van der Waals surface area contributed by atoms with Crippen molar-refractivity contribution in [2.75, 3.05) is 32.8 Å². The van der Waals surface area contributed by atoms with Gasteiger partial charge in [-0.2, -0.15) is 0 Å². The van der Waals surface area contributed by atoms with Crippen molar-refractivity contribution in [3.63, 3.8) is 0 Å². The number of carbonyl (C=O) groups is 1. The van der Waals surface area contributed by atoms with Crippen LogP contribution in [0.4, 0.5) is 0 Å². The molecule has 0 radical (unpaired) electrons. The first-order valence-electron chi connectivity index (χ1n) is 8.64. The predicted octanol–water partition coefficient (Wildman–Crippen LogP) is 2.32. The van der Waals surface area contributed by atoms with Gasteiger partial charge in [0.1, 0.15) is 0 Å². The average molecular weight is 314 g/mol. The van der Waals surface area contributed by atoms with Crippen LogP contribution in [-0.2, 0) is 9.53 Å². The topological polar surface area (TPSA) is 41.6 Å². The summed E-state index contributed by atoms with van der Waals surface area (Å²) in [5.74, 6) is 0.600. The van der Waals surface area contributed by atoms with E-state index in [1.807, 2.05) is 36.4 Å². The molecule has 2 aliphatic rings. The van der Waals surface area contributed by atoms with E-state index in [1.54, 1.807) is 6.08 Å². The van der Waals surface area contributed by atoms with Gasteiger partial charge in [-0.1, -0.05) is 30.3 Å². The van der Waals surface area contributed by atoms with Gasteiger partial charge in [0.25, 0.3) is 0 Å². The number of hydrogen-bond acceptors (Lipinski definition) is 3. The van der Waals surface area contributed by atoms with Crippen LogP contribution >= 0.6 is 0 Å². The average Bonchev–Trinajstić information content (AvgIpc) is 3.14. The molecular weight excluding hydrogens is 288 g/mol. The maximum absolute atomic E-state index is 11.9. The van der Waals surface area contributed by atoms with Gasteiger partial charge in [0.15, 0.2) is 0 Å². The first-order chi connectivity index (χ1) is 11.3. The van der Waals surface area contributed by atoms with Crippen LogP contribution in [-0.4, -0.2) is 49.7 Å². The lowest BCUT2D eigenvalue weighted by Crippen LogP contribution is -2.43. The number of amides is 1. The number of hydrogen-bond donors (Lipinski definition) is 1. The van der Waals surface area contributed by atoms with E-state index in [1.165, 1.54) is 19.3 Å². The molecule has 23 heavy (non-hydrogen) atoms. The van der Waals surface area contributed by atoms with Gasteiger partial charge in [-0.15, -0.1) is 0 Å². The van der Waals surface area contributed by atoms with Gasteiger partial charge >= 0.3 is 0 Å². The van der Waals surface area contributed by atoms with Gasteiger partial charge in [0.2, 0.25) is 5.91 Å². The fraction of sp³-hybridized carbons (Fsp3) is 0.526. The quantitative estimate of drug-likeness (QED) is 0.848. The molecule has 1 atom stereocenters. The smallest absolute Gasteiger partial charge is 0.244 e. The molecule has 2 aliphatic heterocycles. The van der Waals surface area contributed by atoms with Crippen LogP contribution in [0, 0.1) is 5.92 Å². The first-order valence-corrected chi connectivity index (χ1v) is 8.64. The van der Waals surface area contributed by atoms with Gasteiger partial charge in [-0.25, -0.2) is 0 Å². The summed E-state index contributed by atoms with van der Waals surface area (Å²) in [6, 6.07) is 10.5. The Balaban J connectivity index is 1.36. The van der Waals surface area contributed by atoms with Crippen LogP contribution in [0.1, 0.15) is 24.8 Å². The van der Waals surface area contributed by atoms with Crippen LogP contribution in [0.3, 0.4) is 0 Å². The summed E-state index contributed by atoms with van der Waals surface area (Å²) in [5.41, 5.74) is 1.05. The number of benzene rings is 1. The maximum Gasteiger partial charge on any atom is 0.244 e. The Morgan fingerprint density at radius 3 is 2.70 bits per heavy atom. The van der Waals surface area contributed by atoms with Crippen LogP contribution < -0.4 is 5.32 Å². The molecule has 2 saturated heterocycles. The monoisotopic (exact) mass is 314 g/mol. The zero-order valence-corrected chi connectivity index (χ0v) is 13.6. The van der Waals surface area contributed by atoms with E-state index in [4.69, 9.17) is 4.74 Å². The second-order valence-corrected chi connectivity index (χ2v) is 6.49. The highest BCUT2D eigenvalue weighted by atomic mass is 16.5. The fourth-order valence-electron chi connectivity index (χ4n) is 3.37. The Morgan fingerprint density at radius 2 is 2.00 bits per heavy atom. The summed E-state index contributed by atoms with van der Waals surface area (Å²) in [4.78, 5) is 14.5. The van der Waals surface area contributed by atoms with Gasteiger partial charge < -0.3 is 10.1 Å². The van der Waals surface area contributed by atoms with Crippen LogP contribution in [0.5, 0.6) is 0 Å². The molecule has 124 valence electrons. The SMILES string of the molecule is O=C(/C=C/c1ccccc1)NCC1CCN(C2CCOC2)CC1. The minimum atomic E-state index is 0.000440. The standard InChI is InChI=1S/C19H26N2O2/c22-19(7-6-16-4-2-1-3-5-16)20-14-17-8-11-21(12-9-17)18-10-13-23-15-18/h1-7,17-18H,8-15H2,(H,20,22)/b7-6+. The molecule has 0 aromatic heterocycles. The van der Waals surface area contributed by atoms with Crippen LogP contribution in [0.2, 0.25) is 0 Å². The lowest BCUT2D eigenvalue weighted by atomic mass is 9.95. The largest absolute Gasteiger partial charge is 0.380 e. The fourth-order valence-corrected chi connectivity index (χ4v) is 3.37. The minimum absolute atomic E-state index is 0.000440. The summed E-state index contributed by atoms with van der Waals surface area (Å²) in [6.07, 6.45) is 6.99. The summed E-state index contributed by atoms with van der Waals surface area (Å²) in [5, 5.41) is 3.04. The van der Waals surface area contributed by atoms with Crippen LogP contribution in [0.15, 0.2) is 36.4 Å². The third-order valence-electron chi connectivity index (χ3n) is 4.86. The Morgan fingerprint density at radius 1 is 1.22 bits per heavy atom. The number of nitrogens with one attached hydrogen (secondary N) is 1. The lowest BCUT2D eigenvalue weighted by Gasteiger charge is -2.35. The molecule has 0 aliphatic carbocycles. The van der Waals surface area contributed by atoms with Crippen molar-refractivity contribution in [3.05, 3.63) is 42.0 Å². The lowest BCUT2D eigenvalue weighted by molar-refractivity contribution is -0.116. The molecule has 1 unspecified atom stereocenters. The van der Waals surface area contributed by atoms with Gasteiger partial charge in [0.05, 0.1) is 6.61 Å². The molecule has 0 saturated carbocycles. The molecule has 1 N–H and O–H groups in total. The zero-order valence-electron chi connectivity index (χ0n) is 13.6. The molecule has 0 spiro atoms. The van der Waals surface area contributed by atoms with Gasteiger partial charge in [-0.05, 0) is 49.9 Å². The maximum atomic E-state index is 11.9.